The van der Waals surface area contributed by atoms with Crippen molar-refractivity contribution < 1.29 is 37.5 Å². The molecule has 1 aliphatic rings. The van der Waals surface area contributed by atoms with E-state index in [1.807, 2.05) is 0 Å². The molecule has 4 atom stereocenters. The average molecular weight is 501 g/mol. The minimum Gasteiger partial charge on any atom is -0.507 e. The van der Waals surface area contributed by atoms with E-state index in [1.54, 1.807) is 4.72 Å². The minimum absolute atomic E-state index is 0.0952. The van der Waals surface area contributed by atoms with Crippen LogP contribution in [0.5, 0.6) is 5.75 Å². The minimum atomic E-state index is -4.68. The van der Waals surface area contributed by atoms with E-state index in [4.69, 9.17) is 26.3 Å². The van der Waals surface area contributed by atoms with Crippen molar-refractivity contribution >= 4 is 44.8 Å². The summed E-state index contributed by atoms with van der Waals surface area (Å²) in [5, 5.41) is 30.5. The van der Waals surface area contributed by atoms with Crippen molar-refractivity contribution in [3.05, 3.63) is 41.4 Å². The van der Waals surface area contributed by atoms with Gasteiger partial charge in [-0.2, -0.15) is 8.42 Å². The lowest BCUT2D eigenvalue weighted by Crippen LogP contribution is -2.37. The number of halogens is 1. The lowest BCUT2D eigenvalue weighted by molar-refractivity contribution is -0.0468. The number of nitrogens with one attached hydrogen (secondary N) is 1. The SMILES string of the molecule is Nc1ncnc2c1ncn2[C@@H]1O[C@H](COS(=O)(=O)NC(=O)c2cc(Cl)ccc2O)[C@@H](O)[C@H]1O. The van der Waals surface area contributed by atoms with E-state index in [0.717, 1.165) is 12.1 Å². The summed E-state index contributed by atoms with van der Waals surface area (Å²) in [6, 6.07) is 3.49. The number of carbonyl (C=O) groups is 1. The smallest absolute Gasteiger partial charge is 0.362 e. The number of benzene rings is 1. The number of carbonyl (C=O) groups excluding carboxylic acids is 1. The quantitative estimate of drug-likeness (QED) is 0.278. The number of nitrogens with two attached hydrogens (primary N) is 1. The van der Waals surface area contributed by atoms with Gasteiger partial charge in [-0.3, -0.25) is 13.5 Å². The fraction of sp³-hybridized carbons (Fsp3) is 0.294. The van der Waals surface area contributed by atoms with Crippen LogP contribution in [0.2, 0.25) is 5.02 Å². The van der Waals surface area contributed by atoms with Crippen LogP contribution in [-0.4, -0.2) is 74.1 Å². The summed E-state index contributed by atoms with van der Waals surface area (Å²) >= 11 is 5.75. The number of phenols is 1. The molecular weight excluding hydrogens is 484 g/mol. The van der Waals surface area contributed by atoms with Gasteiger partial charge in [0.15, 0.2) is 17.7 Å². The average Bonchev–Trinajstić information content (AvgIpc) is 3.30. The topological polar surface area (TPSA) is 212 Å². The first-order valence-corrected chi connectivity index (χ1v) is 11.0. The number of hydrogen-bond acceptors (Lipinski definition) is 12. The summed E-state index contributed by atoms with van der Waals surface area (Å²) in [5.74, 6) is -1.59. The number of aromatic hydroxyl groups is 1. The second kappa shape index (κ2) is 8.69. The van der Waals surface area contributed by atoms with E-state index < -0.39 is 58.7 Å². The first-order chi connectivity index (χ1) is 15.6. The van der Waals surface area contributed by atoms with Crippen molar-refractivity contribution in [3.63, 3.8) is 0 Å². The van der Waals surface area contributed by atoms with Gasteiger partial charge in [0.2, 0.25) is 0 Å². The molecule has 0 unspecified atom stereocenters. The first kappa shape index (κ1) is 23.1. The zero-order valence-electron chi connectivity index (χ0n) is 16.4. The van der Waals surface area contributed by atoms with E-state index in [2.05, 4.69) is 15.0 Å². The number of fused-ring (bicyclic) bond motifs is 1. The van der Waals surface area contributed by atoms with Crippen LogP contribution in [-0.2, 0) is 19.2 Å². The highest BCUT2D eigenvalue weighted by molar-refractivity contribution is 7.85. The van der Waals surface area contributed by atoms with E-state index in [0.29, 0.717) is 0 Å². The molecule has 0 aliphatic carbocycles. The highest BCUT2D eigenvalue weighted by Crippen LogP contribution is 2.32. The Morgan fingerprint density at radius 3 is 2.79 bits per heavy atom. The molecule has 176 valence electrons. The van der Waals surface area contributed by atoms with Crippen LogP contribution in [0.25, 0.3) is 11.2 Å². The van der Waals surface area contributed by atoms with Crippen molar-refractivity contribution in [1.82, 2.24) is 24.2 Å². The van der Waals surface area contributed by atoms with Crippen LogP contribution >= 0.6 is 11.6 Å². The Hall–Kier alpha value is -3.08. The maximum absolute atomic E-state index is 12.2. The summed E-state index contributed by atoms with van der Waals surface area (Å²) in [6.07, 6.45) is -3.07. The van der Waals surface area contributed by atoms with Crippen molar-refractivity contribution in [2.45, 2.75) is 24.5 Å². The van der Waals surface area contributed by atoms with Crippen molar-refractivity contribution in [2.24, 2.45) is 0 Å². The number of phenolic OH excluding ortho intramolecular Hbond substituents is 1. The summed E-state index contributed by atoms with van der Waals surface area (Å²) in [7, 11) is -4.68. The summed E-state index contributed by atoms with van der Waals surface area (Å²) in [5.41, 5.74) is 5.81. The molecule has 1 aliphatic heterocycles. The number of anilines is 1. The maximum atomic E-state index is 12.2. The van der Waals surface area contributed by atoms with Gasteiger partial charge in [0, 0.05) is 5.02 Å². The summed E-state index contributed by atoms with van der Waals surface area (Å²) < 4.78 is 37.5. The van der Waals surface area contributed by atoms with Gasteiger partial charge in [-0.25, -0.2) is 19.7 Å². The summed E-state index contributed by atoms with van der Waals surface area (Å²) in [6.45, 7) is -0.747. The lowest BCUT2D eigenvalue weighted by Gasteiger charge is -2.16. The van der Waals surface area contributed by atoms with Gasteiger partial charge < -0.3 is 25.8 Å². The molecule has 33 heavy (non-hydrogen) atoms. The molecule has 1 amide bonds. The maximum Gasteiger partial charge on any atom is 0.362 e. The van der Waals surface area contributed by atoms with E-state index >= 15 is 0 Å². The zero-order valence-corrected chi connectivity index (χ0v) is 18.0. The monoisotopic (exact) mass is 500 g/mol. The Morgan fingerprint density at radius 2 is 2.03 bits per heavy atom. The molecule has 0 bridgehead atoms. The second-order valence-electron chi connectivity index (χ2n) is 6.96. The van der Waals surface area contributed by atoms with Crippen molar-refractivity contribution in [3.8, 4) is 5.75 Å². The van der Waals surface area contributed by atoms with Crippen LogP contribution in [0.15, 0.2) is 30.9 Å². The Labute approximate surface area is 190 Å². The number of nitrogens with zero attached hydrogens (tertiary/aromatic N) is 4. The number of amides is 1. The number of aliphatic hydroxyl groups excluding tert-OH is 2. The third-order valence-corrected chi connectivity index (χ3v) is 5.92. The van der Waals surface area contributed by atoms with E-state index in [9.17, 15) is 28.5 Å². The zero-order chi connectivity index (χ0) is 23.9. The Kier molecular flexibility index (Phi) is 6.08. The molecule has 4 rings (SSSR count). The van der Waals surface area contributed by atoms with Crippen molar-refractivity contribution in [1.29, 1.82) is 0 Å². The fourth-order valence-electron chi connectivity index (χ4n) is 3.20. The van der Waals surface area contributed by atoms with Gasteiger partial charge in [0.1, 0.15) is 35.9 Å². The Morgan fingerprint density at radius 1 is 1.27 bits per heavy atom. The number of aromatic nitrogens is 4. The van der Waals surface area contributed by atoms with Gasteiger partial charge in [-0.05, 0) is 18.2 Å². The van der Waals surface area contributed by atoms with Gasteiger partial charge in [0.25, 0.3) is 5.91 Å². The van der Waals surface area contributed by atoms with Crippen LogP contribution in [0.4, 0.5) is 5.82 Å². The normalized spacial score (nSPS) is 23.1. The number of nitrogen functional groups attached to an aromatic ring is 1. The van der Waals surface area contributed by atoms with E-state index in [1.165, 1.54) is 23.3 Å². The van der Waals surface area contributed by atoms with Gasteiger partial charge >= 0.3 is 10.3 Å². The molecular formula is C17H17ClN6O8S. The standard InChI is InChI=1S/C17H17ClN6O8S/c18-7-1-2-9(25)8(3-7)16(28)23-33(29,30)31-4-10-12(26)13(27)17(32-10)24-6-22-11-14(19)20-5-21-15(11)24/h1-3,5-6,10,12-13,17,25-27H,4H2,(H,23,28)(H2,19,20,21)/t10-,12-,13-,17-/m1/s1. The molecule has 3 aromatic rings. The van der Waals surface area contributed by atoms with Crippen LogP contribution in [0.3, 0.4) is 0 Å². The lowest BCUT2D eigenvalue weighted by atomic mass is 10.1. The fourth-order valence-corrected chi connectivity index (χ4v) is 4.08. The molecule has 0 saturated carbocycles. The van der Waals surface area contributed by atoms with Crippen LogP contribution in [0.1, 0.15) is 16.6 Å². The Balaban J connectivity index is 1.44. The van der Waals surface area contributed by atoms with Gasteiger partial charge in [0.05, 0.1) is 18.5 Å². The first-order valence-electron chi connectivity index (χ1n) is 9.22. The van der Waals surface area contributed by atoms with Crippen molar-refractivity contribution in [2.75, 3.05) is 12.3 Å². The number of rotatable bonds is 6. The predicted octanol–water partition coefficient (Wildman–Crippen LogP) is -0.922. The van der Waals surface area contributed by atoms with Gasteiger partial charge in [-0.15, -0.1) is 0 Å². The molecule has 2 aromatic heterocycles. The molecule has 1 saturated heterocycles. The molecule has 3 heterocycles. The molecule has 1 fully saturated rings. The van der Waals surface area contributed by atoms with Gasteiger partial charge in [-0.1, -0.05) is 11.6 Å². The molecule has 6 N–H and O–H groups in total. The molecule has 16 heteroatoms. The highest BCUT2D eigenvalue weighted by Gasteiger charge is 2.45. The van der Waals surface area contributed by atoms with Crippen LogP contribution in [0, 0.1) is 0 Å². The largest absolute Gasteiger partial charge is 0.507 e. The molecule has 0 spiro atoms. The molecule has 0 radical (unpaired) electrons. The van der Waals surface area contributed by atoms with Crippen LogP contribution < -0.4 is 10.5 Å². The second-order valence-corrected chi connectivity index (χ2v) is 8.75. The molecule has 14 nitrogen and oxygen atoms in total. The number of hydrogen-bond donors (Lipinski definition) is 5. The Bertz CT molecular complexity index is 1320. The number of imidazole rings is 1. The summed E-state index contributed by atoms with van der Waals surface area (Å²) in [4.78, 5) is 24.0. The number of aliphatic hydroxyl groups is 2. The third-order valence-electron chi connectivity index (χ3n) is 4.81. The molecule has 1 aromatic carbocycles. The van der Waals surface area contributed by atoms with E-state index in [-0.39, 0.29) is 22.0 Å². The predicted molar refractivity (Wildman–Crippen MR) is 111 cm³/mol. The number of ether oxygens (including phenoxy) is 1. The third kappa shape index (κ3) is 4.54. The highest BCUT2D eigenvalue weighted by atomic mass is 35.5.